The minimum atomic E-state index is 0.0790. The summed E-state index contributed by atoms with van der Waals surface area (Å²) in [6, 6.07) is 7.90. The molecule has 0 bridgehead atoms. The van der Waals surface area contributed by atoms with Gasteiger partial charge < -0.3 is 19.9 Å². The Bertz CT molecular complexity index is 725. The molecule has 29 heavy (non-hydrogen) atoms. The Balaban J connectivity index is 1.57. The molecule has 7 heteroatoms. The Morgan fingerprint density at radius 2 is 1.86 bits per heavy atom. The molecular formula is C22H34N4O2S. The summed E-state index contributed by atoms with van der Waals surface area (Å²) in [6.45, 7) is 12.6. The number of guanidine groups is 1. The highest BCUT2D eigenvalue weighted by Crippen LogP contribution is 2.29. The van der Waals surface area contributed by atoms with Crippen molar-refractivity contribution in [3.63, 3.8) is 0 Å². The van der Waals surface area contributed by atoms with Crippen molar-refractivity contribution in [2.45, 2.75) is 51.2 Å². The highest BCUT2D eigenvalue weighted by molar-refractivity contribution is 8.00. The highest BCUT2D eigenvalue weighted by atomic mass is 32.2. The van der Waals surface area contributed by atoms with Crippen LogP contribution >= 0.6 is 11.8 Å². The number of carbonyl (C=O) groups excluding carboxylic acids is 1. The van der Waals surface area contributed by atoms with E-state index in [2.05, 4.69) is 29.1 Å². The molecule has 3 rings (SSSR count). The molecule has 0 saturated carbocycles. The van der Waals surface area contributed by atoms with Gasteiger partial charge in [-0.25, -0.2) is 0 Å². The molecule has 2 atom stereocenters. The Hall–Kier alpha value is -1.73. The molecule has 0 aliphatic carbocycles. The maximum absolute atomic E-state index is 12.8. The van der Waals surface area contributed by atoms with E-state index < -0.39 is 0 Å². The summed E-state index contributed by atoms with van der Waals surface area (Å²) < 4.78 is 5.97. The zero-order valence-electron chi connectivity index (χ0n) is 18.3. The molecule has 2 fully saturated rings. The number of nitrogens with one attached hydrogen (secondary N) is 1. The summed E-state index contributed by atoms with van der Waals surface area (Å²) >= 11 is 2.01. The fraction of sp³-hybridized carbons (Fsp3) is 0.636. The van der Waals surface area contributed by atoms with E-state index in [0.717, 1.165) is 35.9 Å². The molecule has 1 amide bonds. The van der Waals surface area contributed by atoms with Crippen LogP contribution in [-0.2, 0) is 11.3 Å². The number of hydrogen-bond acceptors (Lipinski definition) is 4. The van der Waals surface area contributed by atoms with Crippen LogP contribution in [0.2, 0.25) is 0 Å². The van der Waals surface area contributed by atoms with Gasteiger partial charge in [0.15, 0.2) is 5.96 Å². The summed E-state index contributed by atoms with van der Waals surface area (Å²) in [6.07, 6.45) is 0.159. The number of carbonyl (C=O) groups is 1. The van der Waals surface area contributed by atoms with Crippen LogP contribution in [0.1, 0.15) is 43.6 Å². The molecule has 2 saturated heterocycles. The fourth-order valence-corrected chi connectivity index (χ4v) is 5.11. The molecular weight excluding hydrogens is 384 g/mol. The third kappa shape index (κ3) is 5.89. The Labute approximate surface area is 179 Å². The van der Waals surface area contributed by atoms with Crippen molar-refractivity contribution in [3.05, 3.63) is 35.4 Å². The molecule has 1 N–H and O–H groups in total. The predicted molar refractivity (Wildman–Crippen MR) is 121 cm³/mol. The number of morpholine rings is 1. The van der Waals surface area contributed by atoms with Crippen LogP contribution < -0.4 is 5.32 Å². The van der Waals surface area contributed by atoms with Crippen molar-refractivity contribution >= 4 is 23.6 Å². The van der Waals surface area contributed by atoms with E-state index in [4.69, 9.17) is 4.74 Å². The summed E-state index contributed by atoms with van der Waals surface area (Å²) in [5.41, 5.74) is 1.87. The average Bonchev–Trinajstić information content (AvgIpc) is 2.67. The van der Waals surface area contributed by atoms with Crippen LogP contribution in [-0.4, -0.2) is 77.6 Å². The van der Waals surface area contributed by atoms with E-state index >= 15 is 0 Å². The lowest BCUT2D eigenvalue weighted by Gasteiger charge is -2.39. The van der Waals surface area contributed by atoms with Gasteiger partial charge in [0.2, 0.25) is 0 Å². The molecule has 1 aromatic rings. The van der Waals surface area contributed by atoms with Crippen LogP contribution in [0.4, 0.5) is 0 Å². The molecule has 0 radical (unpaired) electrons. The van der Waals surface area contributed by atoms with E-state index in [1.165, 1.54) is 0 Å². The van der Waals surface area contributed by atoms with Gasteiger partial charge >= 0.3 is 0 Å². The van der Waals surface area contributed by atoms with Gasteiger partial charge in [0.05, 0.1) is 12.2 Å². The molecule has 2 heterocycles. The first-order chi connectivity index (χ1) is 13.8. The van der Waals surface area contributed by atoms with E-state index in [-0.39, 0.29) is 22.9 Å². The Morgan fingerprint density at radius 1 is 1.21 bits per heavy atom. The van der Waals surface area contributed by atoms with E-state index in [0.29, 0.717) is 19.6 Å². The minimum Gasteiger partial charge on any atom is -0.372 e. The van der Waals surface area contributed by atoms with Crippen LogP contribution in [0.5, 0.6) is 0 Å². The molecule has 0 aromatic heterocycles. The van der Waals surface area contributed by atoms with Crippen molar-refractivity contribution in [3.8, 4) is 0 Å². The standard InChI is InChI=1S/C22H34N4O2S/c1-16-13-26(14-17(2)28-16)20(27)19-8-6-18(7-9-19)12-24-21(23-5)25-10-11-29-22(3,4)15-25/h6-9,16-17H,10-15H2,1-5H3,(H,23,24). The third-order valence-electron chi connectivity index (χ3n) is 5.30. The van der Waals surface area contributed by atoms with E-state index in [9.17, 15) is 4.79 Å². The van der Waals surface area contributed by atoms with Crippen molar-refractivity contribution < 1.29 is 9.53 Å². The number of aliphatic imine (C=N–C) groups is 1. The number of thioether (sulfide) groups is 1. The second-order valence-electron chi connectivity index (χ2n) is 8.59. The van der Waals surface area contributed by atoms with Crippen LogP contribution in [0, 0.1) is 0 Å². The normalized spacial score (nSPS) is 25.1. The second kappa shape index (κ2) is 9.39. The zero-order chi connectivity index (χ0) is 21.0. The lowest BCUT2D eigenvalue weighted by molar-refractivity contribution is -0.0586. The maximum Gasteiger partial charge on any atom is 0.254 e. The SMILES string of the molecule is CN=C(NCc1ccc(C(=O)N2CC(C)OC(C)C2)cc1)N1CCSC(C)(C)C1. The first kappa shape index (κ1) is 22.0. The topological polar surface area (TPSA) is 57.2 Å². The maximum atomic E-state index is 12.8. The lowest BCUT2D eigenvalue weighted by Crippen LogP contribution is -2.50. The number of nitrogens with zero attached hydrogens (tertiary/aromatic N) is 3. The molecule has 2 aliphatic rings. The highest BCUT2D eigenvalue weighted by Gasteiger charge is 2.29. The van der Waals surface area contributed by atoms with Crippen molar-refractivity contribution in [2.24, 2.45) is 4.99 Å². The van der Waals surface area contributed by atoms with Crippen molar-refractivity contribution in [1.82, 2.24) is 15.1 Å². The Kier molecular flexibility index (Phi) is 7.11. The average molecular weight is 419 g/mol. The van der Waals surface area contributed by atoms with Gasteiger partial charge in [-0.1, -0.05) is 12.1 Å². The molecule has 2 aliphatic heterocycles. The van der Waals surface area contributed by atoms with Gasteiger partial charge in [0.25, 0.3) is 5.91 Å². The Morgan fingerprint density at radius 3 is 2.45 bits per heavy atom. The summed E-state index contributed by atoms with van der Waals surface area (Å²) in [5.74, 6) is 2.13. The van der Waals surface area contributed by atoms with Crippen molar-refractivity contribution in [2.75, 3.05) is 39.0 Å². The number of benzene rings is 1. The van der Waals surface area contributed by atoms with Gasteiger partial charge in [0.1, 0.15) is 0 Å². The molecule has 1 aromatic carbocycles. The number of rotatable bonds is 3. The van der Waals surface area contributed by atoms with Gasteiger partial charge in [-0.05, 0) is 45.4 Å². The third-order valence-corrected chi connectivity index (χ3v) is 6.59. The van der Waals surface area contributed by atoms with E-state index in [1.54, 1.807) is 0 Å². The molecule has 0 spiro atoms. The fourth-order valence-electron chi connectivity index (χ4n) is 4.00. The summed E-state index contributed by atoms with van der Waals surface area (Å²) in [7, 11) is 1.84. The second-order valence-corrected chi connectivity index (χ2v) is 10.4. The minimum absolute atomic E-state index is 0.0790. The van der Waals surface area contributed by atoms with E-state index in [1.807, 2.05) is 61.8 Å². The molecule has 2 unspecified atom stereocenters. The quantitative estimate of drug-likeness (QED) is 0.604. The molecule has 160 valence electrons. The summed E-state index contributed by atoms with van der Waals surface area (Å²) in [4.78, 5) is 21.5. The van der Waals surface area contributed by atoms with Crippen LogP contribution in [0.25, 0.3) is 0 Å². The largest absolute Gasteiger partial charge is 0.372 e. The number of hydrogen-bond donors (Lipinski definition) is 1. The van der Waals surface area contributed by atoms with Crippen LogP contribution in [0.15, 0.2) is 29.3 Å². The lowest BCUT2D eigenvalue weighted by atomic mass is 10.1. The van der Waals surface area contributed by atoms with Gasteiger partial charge in [0, 0.05) is 55.8 Å². The van der Waals surface area contributed by atoms with Gasteiger partial charge in [-0.3, -0.25) is 9.79 Å². The zero-order valence-corrected chi connectivity index (χ0v) is 19.1. The van der Waals surface area contributed by atoms with Gasteiger partial charge in [-0.2, -0.15) is 11.8 Å². The monoisotopic (exact) mass is 418 g/mol. The summed E-state index contributed by atoms with van der Waals surface area (Å²) in [5, 5.41) is 3.47. The van der Waals surface area contributed by atoms with Crippen LogP contribution in [0.3, 0.4) is 0 Å². The molecule has 6 nitrogen and oxygen atoms in total. The van der Waals surface area contributed by atoms with Crippen molar-refractivity contribution in [1.29, 1.82) is 0 Å². The first-order valence-corrected chi connectivity index (χ1v) is 11.4. The predicted octanol–water partition coefficient (Wildman–Crippen LogP) is 2.84. The number of amides is 1. The number of ether oxygens (including phenoxy) is 1. The first-order valence-electron chi connectivity index (χ1n) is 10.4. The smallest absolute Gasteiger partial charge is 0.254 e. The van der Waals surface area contributed by atoms with Gasteiger partial charge in [-0.15, -0.1) is 0 Å².